The zero-order valence-electron chi connectivity index (χ0n) is 12.0. The first kappa shape index (κ1) is 13.2. The van der Waals surface area contributed by atoms with Gasteiger partial charge in [-0.2, -0.15) is 0 Å². The van der Waals surface area contributed by atoms with Crippen LogP contribution < -0.4 is 10.6 Å². The third-order valence-corrected chi connectivity index (χ3v) is 4.44. The van der Waals surface area contributed by atoms with Crippen molar-refractivity contribution in [2.24, 2.45) is 5.73 Å². The highest BCUT2D eigenvalue weighted by atomic mass is 15.2. The second-order valence-corrected chi connectivity index (χ2v) is 5.93. The summed E-state index contributed by atoms with van der Waals surface area (Å²) in [6.45, 7) is 5.01. The van der Waals surface area contributed by atoms with Crippen molar-refractivity contribution in [2.45, 2.75) is 18.8 Å². The third-order valence-electron chi connectivity index (χ3n) is 4.44. The van der Waals surface area contributed by atoms with E-state index in [-0.39, 0.29) is 5.41 Å². The van der Waals surface area contributed by atoms with Gasteiger partial charge in [0.1, 0.15) is 0 Å². The van der Waals surface area contributed by atoms with Gasteiger partial charge in [0, 0.05) is 30.7 Å². The molecule has 0 saturated carbocycles. The van der Waals surface area contributed by atoms with Gasteiger partial charge in [-0.25, -0.2) is 0 Å². The van der Waals surface area contributed by atoms with E-state index in [0.29, 0.717) is 6.54 Å². The van der Waals surface area contributed by atoms with Crippen molar-refractivity contribution in [3.63, 3.8) is 0 Å². The van der Waals surface area contributed by atoms with Crippen LogP contribution in [0.4, 0.5) is 5.69 Å². The molecule has 2 aromatic carbocycles. The van der Waals surface area contributed by atoms with Gasteiger partial charge in [-0.05, 0) is 23.6 Å². The van der Waals surface area contributed by atoms with Crippen LogP contribution >= 0.6 is 0 Å². The normalized spacial score (nSPS) is 16.8. The molecule has 3 rings (SSSR count). The largest absolute Gasteiger partial charge is 0.370 e. The molecule has 1 unspecified atom stereocenters. The lowest BCUT2D eigenvalue weighted by Gasteiger charge is -2.34. The maximum atomic E-state index is 6.11. The molecule has 0 aromatic heterocycles. The Morgan fingerprint density at radius 3 is 2.50 bits per heavy atom. The third kappa shape index (κ3) is 2.32. The minimum Gasteiger partial charge on any atom is -0.370 e. The number of para-hydroxylation sites is 1. The van der Waals surface area contributed by atoms with Gasteiger partial charge in [-0.3, -0.25) is 0 Å². The van der Waals surface area contributed by atoms with E-state index in [1.165, 1.54) is 16.8 Å². The number of nitrogens with two attached hydrogens (primary N) is 1. The molecule has 1 aliphatic heterocycles. The van der Waals surface area contributed by atoms with Crippen LogP contribution in [0, 0.1) is 0 Å². The Bertz CT molecular complexity index is 579. The molecule has 2 nitrogen and oxygen atoms in total. The number of benzene rings is 2. The van der Waals surface area contributed by atoms with Crippen LogP contribution in [0.2, 0.25) is 0 Å². The van der Waals surface area contributed by atoms with Crippen molar-refractivity contribution in [3.05, 3.63) is 65.7 Å². The van der Waals surface area contributed by atoms with Crippen LogP contribution in [0.5, 0.6) is 0 Å². The Labute approximate surface area is 121 Å². The van der Waals surface area contributed by atoms with Crippen molar-refractivity contribution in [1.29, 1.82) is 0 Å². The lowest BCUT2D eigenvalue weighted by Crippen LogP contribution is -2.43. The fraction of sp³-hybridized carbons (Fsp3) is 0.333. The fourth-order valence-electron chi connectivity index (χ4n) is 3.11. The quantitative estimate of drug-likeness (QED) is 0.922. The summed E-state index contributed by atoms with van der Waals surface area (Å²) < 4.78 is 0. The minimum atomic E-state index is -0.00128. The first-order valence-corrected chi connectivity index (χ1v) is 7.31. The Morgan fingerprint density at radius 2 is 1.75 bits per heavy atom. The standard InChI is InChI=1S/C18H22N2/c1-18(13-19,16-8-3-2-4-9-16)14-20-12-11-15-7-5-6-10-17(15)20/h2-10H,11-14,19H2,1H3. The van der Waals surface area contributed by atoms with E-state index in [9.17, 15) is 0 Å². The number of fused-ring (bicyclic) bond motifs is 1. The molecule has 2 N–H and O–H groups in total. The molecule has 0 radical (unpaired) electrons. The van der Waals surface area contributed by atoms with Crippen LogP contribution in [0.25, 0.3) is 0 Å². The molecule has 0 spiro atoms. The van der Waals surface area contributed by atoms with Gasteiger partial charge in [-0.1, -0.05) is 55.5 Å². The van der Waals surface area contributed by atoms with Crippen LogP contribution in [0.15, 0.2) is 54.6 Å². The maximum Gasteiger partial charge on any atom is 0.0399 e. The molecule has 1 heterocycles. The van der Waals surface area contributed by atoms with Crippen molar-refractivity contribution in [3.8, 4) is 0 Å². The molecular weight excluding hydrogens is 244 g/mol. The fourth-order valence-corrected chi connectivity index (χ4v) is 3.11. The first-order valence-electron chi connectivity index (χ1n) is 7.31. The lowest BCUT2D eigenvalue weighted by atomic mass is 9.82. The highest BCUT2D eigenvalue weighted by Crippen LogP contribution is 2.32. The first-order chi connectivity index (χ1) is 9.73. The summed E-state index contributed by atoms with van der Waals surface area (Å²) in [5, 5.41) is 0. The van der Waals surface area contributed by atoms with Crippen molar-refractivity contribution >= 4 is 5.69 Å². The summed E-state index contributed by atoms with van der Waals surface area (Å²) >= 11 is 0. The summed E-state index contributed by atoms with van der Waals surface area (Å²) in [5.74, 6) is 0. The molecule has 104 valence electrons. The van der Waals surface area contributed by atoms with Gasteiger partial charge in [0.25, 0.3) is 0 Å². The monoisotopic (exact) mass is 266 g/mol. The van der Waals surface area contributed by atoms with E-state index >= 15 is 0 Å². The van der Waals surface area contributed by atoms with Gasteiger partial charge in [0.2, 0.25) is 0 Å². The zero-order chi connectivity index (χ0) is 14.0. The molecule has 1 atom stereocenters. The number of anilines is 1. The number of rotatable bonds is 4. The Balaban J connectivity index is 1.87. The molecule has 1 aliphatic rings. The van der Waals surface area contributed by atoms with Crippen LogP contribution in [0.1, 0.15) is 18.1 Å². The van der Waals surface area contributed by atoms with Gasteiger partial charge >= 0.3 is 0 Å². The highest BCUT2D eigenvalue weighted by molar-refractivity contribution is 5.58. The molecular formula is C18H22N2. The van der Waals surface area contributed by atoms with Crippen molar-refractivity contribution < 1.29 is 0 Å². The number of hydrogen-bond donors (Lipinski definition) is 1. The summed E-state index contributed by atoms with van der Waals surface area (Å²) in [6, 6.07) is 19.3. The molecule has 2 aromatic rings. The van der Waals surface area contributed by atoms with E-state index in [0.717, 1.165) is 19.5 Å². The highest BCUT2D eigenvalue weighted by Gasteiger charge is 2.30. The van der Waals surface area contributed by atoms with E-state index < -0.39 is 0 Å². The summed E-state index contributed by atoms with van der Waals surface area (Å²) in [6.07, 6.45) is 1.14. The average molecular weight is 266 g/mol. The average Bonchev–Trinajstić information content (AvgIpc) is 2.91. The molecule has 0 fully saturated rings. The lowest BCUT2D eigenvalue weighted by molar-refractivity contribution is 0.479. The number of hydrogen-bond acceptors (Lipinski definition) is 2. The van der Waals surface area contributed by atoms with Gasteiger partial charge < -0.3 is 10.6 Å². The molecule has 20 heavy (non-hydrogen) atoms. The van der Waals surface area contributed by atoms with Gasteiger partial charge in [-0.15, -0.1) is 0 Å². The van der Waals surface area contributed by atoms with E-state index in [1.807, 2.05) is 0 Å². The Hall–Kier alpha value is -1.80. The smallest absolute Gasteiger partial charge is 0.0399 e. The molecule has 0 aliphatic carbocycles. The van der Waals surface area contributed by atoms with Gasteiger partial charge in [0.05, 0.1) is 0 Å². The van der Waals surface area contributed by atoms with Gasteiger partial charge in [0.15, 0.2) is 0 Å². The topological polar surface area (TPSA) is 29.3 Å². The maximum absolute atomic E-state index is 6.11. The predicted octanol–water partition coefficient (Wildman–Crippen LogP) is 2.97. The van der Waals surface area contributed by atoms with Crippen LogP contribution in [-0.4, -0.2) is 19.6 Å². The predicted molar refractivity (Wildman–Crippen MR) is 85.2 cm³/mol. The Kier molecular flexibility index (Phi) is 3.49. The summed E-state index contributed by atoms with van der Waals surface area (Å²) in [7, 11) is 0. The molecule has 0 amide bonds. The van der Waals surface area contributed by atoms with E-state index in [4.69, 9.17) is 5.73 Å². The zero-order valence-corrected chi connectivity index (χ0v) is 12.0. The minimum absolute atomic E-state index is 0.00128. The van der Waals surface area contributed by atoms with Crippen LogP contribution in [-0.2, 0) is 11.8 Å². The van der Waals surface area contributed by atoms with E-state index in [2.05, 4.69) is 66.4 Å². The second-order valence-electron chi connectivity index (χ2n) is 5.93. The van der Waals surface area contributed by atoms with Crippen molar-refractivity contribution in [2.75, 3.05) is 24.5 Å². The number of nitrogens with zero attached hydrogens (tertiary/aromatic N) is 1. The summed E-state index contributed by atoms with van der Waals surface area (Å²) in [5.41, 5.74) is 10.3. The second kappa shape index (κ2) is 5.29. The van der Waals surface area contributed by atoms with Crippen LogP contribution in [0.3, 0.4) is 0 Å². The van der Waals surface area contributed by atoms with E-state index in [1.54, 1.807) is 0 Å². The molecule has 0 bridgehead atoms. The molecule has 2 heteroatoms. The molecule has 0 saturated heterocycles. The summed E-state index contributed by atoms with van der Waals surface area (Å²) in [4.78, 5) is 2.48. The SMILES string of the molecule is CC(CN)(CN1CCc2ccccc21)c1ccccc1. The Morgan fingerprint density at radius 1 is 1.05 bits per heavy atom. The van der Waals surface area contributed by atoms with Crippen molar-refractivity contribution in [1.82, 2.24) is 0 Å².